The summed E-state index contributed by atoms with van der Waals surface area (Å²) in [6.45, 7) is 12.8. The van der Waals surface area contributed by atoms with Gasteiger partial charge in [-0.25, -0.2) is 4.79 Å². The van der Waals surface area contributed by atoms with Crippen molar-refractivity contribution in [1.29, 1.82) is 0 Å². The third kappa shape index (κ3) is 4.75. The van der Waals surface area contributed by atoms with Gasteiger partial charge in [0.1, 0.15) is 11.1 Å². The zero-order chi connectivity index (χ0) is 23.1. The molecule has 0 unspecified atom stereocenters. The van der Waals surface area contributed by atoms with Crippen molar-refractivity contribution in [2.24, 2.45) is 5.92 Å². The van der Waals surface area contributed by atoms with Gasteiger partial charge < -0.3 is 14.6 Å². The van der Waals surface area contributed by atoms with Crippen LogP contribution in [0.4, 0.5) is 0 Å². The molecule has 2 N–H and O–H groups in total. The monoisotopic (exact) mass is 481 g/mol. The summed E-state index contributed by atoms with van der Waals surface area (Å²) in [6, 6.07) is 7.52. The van der Waals surface area contributed by atoms with E-state index >= 15 is 0 Å². The van der Waals surface area contributed by atoms with Gasteiger partial charge in [-0.3, -0.25) is 9.69 Å². The first-order valence-corrected chi connectivity index (χ1v) is 15.1. The second-order valence-electron chi connectivity index (χ2n) is 9.49. The van der Waals surface area contributed by atoms with Gasteiger partial charge in [-0.1, -0.05) is 32.9 Å². The van der Waals surface area contributed by atoms with Crippen LogP contribution in [0.15, 0.2) is 39.8 Å². The van der Waals surface area contributed by atoms with Crippen molar-refractivity contribution in [3.05, 3.63) is 40.4 Å². The summed E-state index contributed by atoms with van der Waals surface area (Å²) >= 11 is 3.00. The molecule has 1 fully saturated rings. The molecule has 0 bridgehead atoms. The number of carboxylic acids is 1. The number of carbonyl (C=O) groups is 2. The van der Waals surface area contributed by atoms with Crippen molar-refractivity contribution >= 4 is 43.7 Å². The van der Waals surface area contributed by atoms with E-state index in [0.29, 0.717) is 10.7 Å². The Morgan fingerprint density at radius 2 is 1.90 bits per heavy atom. The molecule has 0 radical (unpaired) electrons. The number of benzene rings is 1. The van der Waals surface area contributed by atoms with E-state index in [9.17, 15) is 19.8 Å². The van der Waals surface area contributed by atoms with E-state index in [1.807, 2.05) is 31.2 Å². The van der Waals surface area contributed by atoms with Crippen molar-refractivity contribution in [3.8, 4) is 0 Å². The molecule has 0 spiro atoms. The highest BCUT2D eigenvalue weighted by Gasteiger charge is 2.58. The van der Waals surface area contributed by atoms with Crippen LogP contribution < -0.4 is 0 Å². The van der Waals surface area contributed by atoms with Crippen LogP contribution in [0.1, 0.15) is 33.3 Å². The maximum atomic E-state index is 12.9. The normalized spacial score (nSPS) is 22.4. The van der Waals surface area contributed by atoms with Crippen LogP contribution in [0.25, 0.3) is 0 Å². The van der Waals surface area contributed by atoms with E-state index in [1.54, 1.807) is 0 Å². The summed E-state index contributed by atoms with van der Waals surface area (Å²) in [6.07, 6.45) is -0.254. The van der Waals surface area contributed by atoms with Gasteiger partial charge in [0.05, 0.1) is 18.6 Å². The minimum atomic E-state index is -2.04. The van der Waals surface area contributed by atoms with Crippen molar-refractivity contribution in [2.45, 2.75) is 68.8 Å². The maximum Gasteiger partial charge on any atom is 0.353 e. The van der Waals surface area contributed by atoms with Gasteiger partial charge >= 0.3 is 5.97 Å². The summed E-state index contributed by atoms with van der Waals surface area (Å²) in [5.41, 5.74) is 0.939. The Bertz CT molecular complexity index is 894. The summed E-state index contributed by atoms with van der Waals surface area (Å²) in [5.74, 6) is -1.07. The predicted octanol–water partition coefficient (Wildman–Crippen LogP) is 4.51. The van der Waals surface area contributed by atoms with E-state index in [4.69, 9.17) is 4.43 Å². The van der Waals surface area contributed by atoms with Gasteiger partial charge in [-0.05, 0) is 42.8 Å². The smallest absolute Gasteiger partial charge is 0.353 e. The van der Waals surface area contributed by atoms with Crippen LogP contribution in [-0.4, -0.2) is 52.5 Å². The zero-order valence-corrected chi connectivity index (χ0v) is 21.5. The van der Waals surface area contributed by atoms with E-state index in [-0.39, 0.29) is 40.6 Å². The molecule has 3 atom stereocenters. The van der Waals surface area contributed by atoms with Crippen LogP contribution in [0, 0.1) is 5.92 Å². The van der Waals surface area contributed by atoms with Gasteiger partial charge in [0.25, 0.3) is 0 Å². The molecule has 3 rings (SSSR count). The van der Waals surface area contributed by atoms with Crippen LogP contribution >= 0.6 is 23.5 Å². The maximum absolute atomic E-state index is 12.9. The zero-order valence-electron chi connectivity index (χ0n) is 18.8. The minimum absolute atomic E-state index is 0.00954. The Balaban J connectivity index is 1.72. The third-order valence-electron chi connectivity index (χ3n) is 6.32. The average molecular weight is 482 g/mol. The van der Waals surface area contributed by atoms with Gasteiger partial charge in [-0.15, -0.1) is 23.5 Å². The number of hydrogen-bond donors (Lipinski definition) is 2. The topological polar surface area (TPSA) is 87.1 Å². The van der Waals surface area contributed by atoms with Gasteiger partial charge in [-0.2, -0.15) is 0 Å². The standard InChI is InChI=1S/C22H31NO5S2Si/c1-13(28-31(5,6)22(2,3)4)17-19(25)23-18(21(26)27)16(30-20(17)23)12-29-15-9-7-14(11-24)8-10-15/h7-10,13,17,20,24H,11-12H2,1-6H3,(H,26,27)/t13-,17+,20-/m1/s1. The first-order chi connectivity index (χ1) is 14.4. The fourth-order valence-corrected chi connectivity index (χ4v) is 7.53. The third-order valence-corrected chi connectivity index (χ3v) is 13.5. The SMILES string of the molecule is C[C@@H](O[Si](C)(C)C(C)(C)C)[C@H]1C(=O)N2C(C(=O)O)=C(CSc3ccc(CO)cc3)S[C@H]12. The molecule has 6 nitrogen and oxygen atoms in total. The first kappa shape index (κ1) is 24.4. The first-order valence-electron chi connectivity index (χ1n) is 10.3. The second-order valence-corrected chi connectivity index (χ2v) is 16.5. The molecule has 2 aliphatic heterocycles. The molecule has 1 amide bonds. The van der Waals surface area contributed by atoms with E-state index in [2.05, 4.69) is 33.9 Å². The van der Waals surface area contributed by atoms with E-state index < -0.39 is 14.3 Å². The number of fused-ring (bicyclic) bond motifs is 1. The number of aliphatic hydroxyl groups is 1. The summed E-state index contributed by atoms with van der Waals surface area (Å²) < 4.78 is 6.45. The number of hydrogen-bond acceptors (Lipinski definition) is 6. The molecule has 1 aromatic carbocycles. The number of aliphatic hydroxyl groups excluding tert-OH is 1. The Morgan fingerprint density at radius 3 is 2.42 bits per heavy atom. The molecule has 0 aromatic heterocycles. The van der Waals surface area contributed by atoms with Gasteiger partial charge in [0.2, 0.25) is 5.91 Å². The molecule has 9 heteroatoms. The number of nitrogens with zero attached hydrogens (tertiary/aromatic N) is 1. The minimum Gasteiger partial charge on any atom is -0.477 e. The number of carbonyl (C=O) groups excluding carboxylic acids is 1. The van der Waals surface area contributed by atoms with Crippen LogP contribution in [0.5, 0.6) is 0 Å². The molecule has 0 aliphatic carbocycles. The summed E-state index contributed by atoms with van der Waals surface area (Å²) in [4.78, 5) is 28.0. The van der Waals surface area contributed by atoms with Crippen molar-refractivity contribution in [3.63, 3.8) is 0 Å². The second kappa shape index (κ2) is 8.94. The van der Waals surface area contributed by atoms with E-state index in [1.165, 1.54) is 28.4 Å². The fraction of sp³-hybridized carbons (Fsp3) is 0.545. The van der Waals surface area contributed by atoms with Crippen molar-refractivity contribution < 1.29 is 24.2 Å². The highest BCUT2D eigenvalue weighted by Crippen LogP contribution is 2.52. The van der Waals surface area contributed by atoms with Crippen LogP contribution in [0.3, 0.4) is 0 Å². The molecule has 170 valence electrons. The molecule has 2 aliphatic rings. The predicted molar refractivity (Wildman–Crippen MR) is 127 cm³/mol. The number of rotatable bonds is 8. The molecular weight excluding hydrogens is 450 g/mol. The highest BCUT2D eigenvalue weighted by molar-refractivity contribution is 8.06. The summed E-state index contributed by atoms with van der Waals surface area (Å²) in [5, 5.41) is 18.8. The van der Waals surface area contributed by atoms with Gasteiger partial charge in [0.15, 0.2) is 8.32 Å². The fourth-order valence-electron chi connectivity index (χ4n) is 3.50. The van der Waals surface area contributed by atoms with Crippen molar-refractivity contribution in [1.82, 2.24) is 4.90 Å². The number of thioether (sulfide) groups is 2. The Labute approximate surface area is 193 Å². The number of β-lactam (4-membered cyclic amide) rings is 1. The molecule has 1 saturated heterocycles. The molecule has 1 aromatic rings. The Kier molecular flexibility index (Phi) is 7.03. The summed E-state index contributed by atoms with van der Waals surface area (Å²) in [7, 11) is -2.04. The lowest BCUT2D eigenvalue weighted by Crippen LogP contribution is -2.62. The molecule has 2 heterocycles. The number of amides is 1. The lowest BCUT2D eigenvalue weighted by molar-refractivity contribution is -0.156. The van der Waals surface area contributed by atoms with Crippen LogP contribution in [0.2, 0.25) is 18.1 Å². The lowest BCUT2D eigenvalue weighted by atomic mass is 9.92. The van der Waals surface area contributed by atoms with E-state index in [0.717, 1.165) is 10.5 Å². The molecular formula is C22H31NO5S2Si. The molecule has 0 saturated carbocycles. The average Bonchev–Trinajstić information content (AvgIpc) is 3.00. The Hall–Kier alpha value is -1.26. The largest absolute Gasteiger partial charge is 0.477 e. The quantitative estimate of drug-likeness (QED) is 0.321. The number of aliphatic carboxylic acids is 1. The number of carboxylic acid groups (broad SMARTS) is 1. The lowest BCUT2D eigenvalue weighted by Gasteiger charge is -2.48. The Morgan fingerprint density at radius 1 is 1.29 bits per heavy atom. The van der Waals surface area contributed by atoms with Gasteiger partial charge in [0, 0.05) is 15.6 Å². The highest BCUT2D eigenvalue weighted by atomic mass is 32.2. The van der Waals surface area contributed by atoms with Crippen LogP contribution in [-0.2, 0) is 20.6 Å². The molecule has 31 heavy (non-hydrogen) atoms. The van der Waals surface area contributed by atoms with Crippen molar-refractivity contribution in [2.75, 3.05) is 5.75 Å².